The monoisotopic (exact) mass is 281 g/mol. The number of furan rings is 1. The van der Waals surface area contributed by atoms with Crippen LogP contribution in [0.15, 0.2) is 59.0 Å². The first-order valence-corrected chi connectivity index (χ1v) is 6.91. The molecule has 1 heterocycles. The molecule has 1 aromatic heterocycles. The third-order valence-electron chi connectivity index (χ3n) is 3.62. The number of anilines is 1. The summed E-state index contributed by atoms with van der Waals surface area (Å²) in [6, 6.07) is 18.1. The van der Waals surface area contributed by atoms with E-state index in [9.17, 15) is 0 Å². The molecule has 4 nitrogen and oxygen atoms in total. The fraction of sp³-hybridized carbons (Fsp3) is 0.176. The summed E-state index contributed by atoms with van der Waals surface area (Å²) in [5, 5.41) is 1.08. The van der Waals surface area contributed by atoms with Crippen LogP contribution >= 0.6 is 0 Å². The van der Waals surface area contributed by atoms with Crippen molar-refractivity contribution in [3.63, 3.8) is 0 Å². The van der Waals surface area contributed by atoms with Gasteiger partial charge in [0, 0.05) is 25.2 Å². The quantitative estimate of drug-likeness (QED) is 0.570. The predicted octanol–water partition coefficient (Wildman–Crippen LogP) is 3.05. The smallest absolute Gasteiger partial charge is 0.134 e. The summed E-state index contributed by atoms with van der Waals surface area (Å²) in [4.78, 5) is 2.07. The van der Waals surface area contributed by atoms with Gasteiger partial charge in [0.05, 0.1) is 0 Å². The summed E-state index contributed by atoms with van der Waals surface area (Å²) in [5.41, 5.74) is 5.92. The van der Waals surface area contributed by atoms with Crippen LogP contribution in [0.3, 0.4) is 0 Å². The van der Waals surface area contributed by atoms with Crippen LogP contribution in [0.4, 0.5) is 5.69 Å². The lowest BCUT2D eigenvalue weighted by Crippen LogP contribution is -2.28. The number of hydrazine groups is 1. The van der Waals surface area contributed by atoms with Gasteiger partial charge in [-0.2, -0.15) is 0 Å². The van der Waals surface area contributed by atoms with Crippen molar-refractivity contribution in [2.75, 3.05) is 19.0 Å². The highest BCUT2D eigenvalue weighted by Gasteiger charge is 2.17. The minimum absolute atomic E-state index is 0.169. The number of nitrogens with one attached hydrogen (secondary N) is 1. The average Bonchev–Trinajstić information content (AvgIpc) is 2.91. The largest absolute Gasteiger partial charge is 0.459 e. The average molecular weight is 281 g/mol. The first-order valence-electron chi connectivity index (χ1n) is 6.91. The normalized spacial score (nSPS) is 12.5. The molecule has 0 bridgehead atoms. The number of hydrogen-bond donors (Lipinski definition) is 2. The second-order valence-electron chi connectivity index (χ2n) is 5.28. The molecule has 0 aliphatic rings. The van der Waals surface area contributed by atoms with E-state index in [2.05, 4.69) is 22.5 Å². The van der Waals surface area contributed by atoms with Gasteiger partial charge in [0.25, 0.3) is 0 Å². The molecule has 3 N–H and O–H groups in total. The number of benzene rings is 2. The standard InChI is InChI=1S/C17H19N3O/c1-20(2)14-8-5-7-13(10-14)17(19-18)16-11-12-6-3-4-9-15(12)21-16/h3-11,17,19H,18H2,1-2H3. The zero-order chi connectivity index (χ0) is 14.8. The summed E-state index contributed by atoms with van der Waals surface area (Å²) in [7, 11) is 4.04. The summed E-state index contributed by atoms with van der Waals surface area (Å²) in [6.45, 7) is 0. The maximum atomic E-state index is 5.92. The summed E-state index contributed by atoms with van der Waals surface area (Å²) in [6.07, 6.45) is 0. The number of para-hydroxylation sites is 1. The number of hydrogen-bond acceptors (Lipinski definition) is 4. The van der Waals surface area contributed by atoms with Crippen molar-refractivity contribution in [2.45, 2.75) is 6.04 Å². The zero-order valence-corrected chi connectivity index (χ0v) is 12.2. The van der Waals surface area contributed by atoms with E-state index in [0.29, 0.717) is 0 Å². The van der Waals surface area contributed by atoms with Crippen molar-refractivity contribution < 1.29 is 4.42 Å². The number of fused-ring (bicyclic) bond motifs is 1. The molecule has 1 atom stereocenters. The van der Waals surface area contributed by atoms with Gasteiger partial charge in [-0.3, -0.25) is 5.84 Å². The topological polar surface area (TPSA) is 54.4 Å². The van der Waals surface area contributed by atoms with Crippen LogP contribution in [0, 0.1) is 0 Å². The second kappa shape index (κ2) is 5.60. The SMILES string of the molecule is CN(C)c1cccc(C(NN)c2cc3ccccc3o2)c1. The third kappa shape index (κ3) is 2.63. The lowest BCUT2D eigenvalue weighted by atomic mass is 10.0. The molecule has 0 radical (unpaired) electrons. The van der Waals surface area contributed by atoms with Crippen LogP contribution in [0.25, 0.3) is 11.0 Å². The van der Waals surface area contributed by atoms with Gasteiger partial charge in [-0.25, -0.2) is 5.43 Å². The molecular formula is C17H19N3O. The molecule has 1 unspecified atom stereocenters. The first-order chi connectivity index (χ1) is 10.2. The van der Waals surface area contributed by atoms with E-state index in [-0.39, 0.29) is 6.04 Å². The van der Waals surface area contributed by atoms with Crippen molar-refractivity contribution in [1.29, 1.82) is 0 Å². The summed E-state index contributed by atoms with van der Waals surface area (Å²) in [5.74, 6) is 6.58. The van der Waals surface area contributed by atoms with E-state index in [1.54, 1.807) is 0 Å². The van der Waals surface area contributed by atoms with Crippen LogP contribution in [-0.2, 0) is 0 Å². The molecule has 0 aliphatic carbocycles. The molecule has 0 fully saturated rings. The van der Waals surface area contributed by atoms with E-state index < -0.39 is 0 Å². The lowest BCUT2D eigenvalue weighted by molar-refractivity contribution is 0.477. The Labute approximate surface area is 124 Å². The van der Waals surface area contributed by atoms with E-state index in [1.807, 2.05) is 56.6 Å². The van der Waals surface area contributed by atoms with E-state index in [4.69, 9.17) is 10.3 Å². The van der Waals surface area contributed by atoms with E-state index in [0.717, 1.165) is 28.0 Å². The highest BCUT2D eigenvalue weighted by Crippen LogP contribution is 2.29. The third-order valence-corrected chi connectivity index (χ3v) is 3.62. The summed E-state index contributed by atoms with van der Waals surface area (Å²) >= 11 is 0. The van der Waals surface area contributed by atoms with Gasteiger partial charge in [-0.05, 0) is 29.8 Å². The van der Waals surface area contributed by atoms with Crippen LogP contribution < -0.4 is 16.2 Å². The van der Waals surface area contributed by atoms with Gasteiger partial charge in [0.15, 0.2) is 0 Å². The van der Waals surface area contributed by atoms with Gasteiger partial charge in [-0.1, -0.05) is 30.3 Å². The number of nitrogens with zero attached hydrogens (tertiary/aromatic N) is 1. The Kier molecular flexibility index (Phi) is 3.64. The Bertz CT molecular complexity index is 715. The van der Waals surface area contributed by atoms with Gasteiger partial charge < -0.3 is 9.32 Å². The highest BCUT2D eigenvalue weighted by atomic mass is 16.3. The molecule has 0 aliphatic heterocycles. The van der Waals surface area contributed by atoms with Crippen LogP contribution in [0.1, 0.15) is 17.4 Å². The predicted molar refractivity (Wildman–Crippen MR) is 86.1 cm³/mol. The van der Waals surface area contributed by atoms with Crippen molar-refractivity contribution >= 4 is 16.7 Å². The minimum atomic E-state index is -0.169. The van der Waals surface area contributed by atoms with Crippen molar-refractivity contribution in [1.82, 2.24) is 5.43 Å². The van der Waals surface area contributed by atoms with Gasteiger partial charge in [-0.15, -0.1) is 0 Å². The Balaban J connectivity index is 2.03. The van der Waals surface area contributed by atoms with Crippen LogP contribution in [-0.4, -0.2) is 14.1 Å². The number of rotatable bonds is 4. The molecule has 3 aromatic rings. The van der Waals surface area contributed by atoms with E-state index in [1.165, 1.54) is 0 Å². The Hall–Kier alpha value is -2.30. The van der Waals surface area contributed by atoms with Crippen LogP contribution in [0.2, 0.25) is 0 Å². The molecule has 0 amide bonds. The Morgan fingerprint density at radius 1 is 1.05 bits per heavy atom. The maximum absolute atomic E-state index is 5.92. The van der Waals surface area contributed by atoms with Gasteiger partial charge in [0.1, 0.15) is 17.4 Å². The maximum Gasteiger partial charge on any atom is 0.134 e. The zero-order valence-electron chi connectivity index (χ0n) is 12.2. The number of nitrogens with two attached hydrogens (primary N) is 1. The molecule has 3 rings (SSSR count). The van der Waals surface area contributed by atoms with Crippen molar-refractivity contribution in [3.8, 4) is 0 Å². The molecule has 2 aromatic carbocycles. The molecule has 4 heteroatoms. The van der Waals surface area contributed by atoms with Gasteiger partial charge >= 0.3 is 0 Å². The lowest BCUT2D eigenvalue weighted by Gasteiger charge is -2.18. The molecule has 0 saturated heterocycles. The first kappa shape index (κ1) is 13.7. The van der Waals surface area contributed by atoms with Crippen molar-refractivity contribution in [3.05, 3.63) is 65.9 Å². The molecule has 108 valence electrons. The van der Waals surface area contributed by atoms with Crippen LogP contribution in [0.5, 0.6) is 0 Å². The summed E-state index contributed by atoms with van der Waals surface area (Å²) < 4.78 is 5.92. The molecular weight excluding hydrogens is 262 g/mol. The molecule has 21 heavy (non-hydrogen) atoms. The highest BCUT2D eigenvalue weighted by molar-refractivity contribution is 5.78. The molecule has 0 saturated carbocycles. The minimum Gasteiger partial charge on any atom is -0.459 e. The van der Waals surface area contributed by atoms with Gasteiger partial charge in [0.2, 0.25) is 0 Å². The fourth-order valence-corrected chi connectivity index (χ4v) is 2.47. The Morgan fingerprint density at radius 2 is 1.86 bits per heavy atom. The Morgan fingerprint density at radius 3 is 2.57 bits per heavy atom. The molecule has 0 spiro atoms. The fourth-order valence-electron chi connectivity index (χ4n) is 2.47. The van der Waals surface area contributed by atoms with E-state index >= 15 is 0 Å². The second-order valence-corrected chi connectivity index (χ2v) is 5.28. The van der Waals surface area contributed by atoms with Crippen molar-refractivity contribution in [2.24, 2.45) is 5.84 Å².